The summed E-state index contributed by atoms with van der Waals surface area (Å²) in [7, 11) is 0. The Morgan fingerprint density at radius 2 is 1.62 bits per heavy atom. The van der Waals surface area contributed by atoms with Crippen LogP contribution in [0.1, 0.15) is 11.8 Å². The number of morpholine rings is 1. The van der Waals surface area contributed by atoms with Gasteiger partial charge in [0.25, 0.3) is 5.70 Å². The van der Waals surface area contributed by atoms with Crippen molar-refractivity contribution in [3.8, 4) is 28.3 Å². The first-order valence-electron chi connectivity index (χ1n) is 12.1. The van der Waals surface area contributed by atoms with Gasteiger partial charge in [0.05, 0.1) is 25.9 Å². The monoisotopic (exact) mass is 503 g/mol. The van der Waals surface area contributed by atoms with Crippen LogP contribution in [0.2, 0.25) is 0 Å². The minimum Gasteiger partial charge on any atom is -0.462 e. The van der Waals surface area contributed by atoms with Crippen molar-refractivity contribution in [2.45, 2.75) is 6.92 Å². The maximum Gasteiger partial charge on any atom is 0.269 e. The van der Waals surface area contributed by atoms with Crippen LogP contribution in [-0.2, 0) is 9.47 Å². The Balaban J connectivity index is 1.67. The van der Waals surface area contributed by atoms with Gasteiger partial charge in [-0.15, -0.1) is 11.3 Å². The molecule has 6 heteroatoms. The van der Waals surface area contributed by atoms with E-state index in [0.29, 0.717) is 30.3 Å². The van der Waals surface area contributed by atoms with Crippen molar-refractivity contribution in [2.75, 3.05) is 31.2 Å². The molecule has 2 aromatic carbocycles. The van der Waals surface area contributed by atoms with Crippen molar-refractivity contribution >= 4 is 22.4 Å². The topological polar surface area (TPSA) is 49.8 Å². The maximum absolute atomic E-state index is 9.34. The van der Waals surface area contributed by atoms with Gasteiger partial charge in [0.15, 0.2) is 0 Å². The molecule has 37 heavy (non-hydrogen) atoms. The van der Waals surface area contributed by atoms with Crippen LogP contribution in [0, 0.1) is 17.9 Å². The van der Waals surface area contributed by atoms with Gasteiger partial charge in [-0.1, -0.05) is 60.7 Å². The van der Waals surface area contributed by atoms with Gasteiger partial charge >= 0.3 is 0 Å². The van der Waals surface area contributed by atoms with Crippen LogP contribution in [0.15, 0.2) is 102 Å². The van der Waals surface area contributed by atoms with Gasteiger partial charge in [-0.05, 0) is 47.9 Å². The highest BCUT2D eigenvalue weighted by Gasteiger charge is 2.25. The Kier molecular flexibility index (Phi) is 7.33. The Labute approximate surface area is 221 Å². The van der Waals surface area contributed by atoms with E-state index in [1.165, 1.54) is 21.7 Å². The molecule has 0 spiro atoms. The number of anilines is 1. The summed E-state index contributed by atoms with van der Waals surface area (Å²) >= 11 is 1.76. The van der Waals surface area contributed by atoms with Crippen molar-refractivity contribution in [3.05, 3.63) is 118 Å². The van der Waals surface area contributed by atoms with E-state index in [1.807, 2.05) is 31.2 Å². The second-order valence-electron chi connectivity index (χ2n) is 8.62. The molecule has 2 aliphatic heterocycles. The van der Waals surface area contributed by atoms with E-state index < -0.39 is 0 Å². The molecular weight excluding hydrogens is 478 g/mol. The Morgan fingerprint density at radius 3 is 2.24 bits per heavy atom. The average molecular weight is 504 g/mol. The molecule has 1 saturated heterocycles. The number of benzene rings is 2. The molecule has 1 aromatic heterocycles. The second kappa shape index (κ2) is 11.1. The second-order valence-corrected chi connectivity index (χ2v) is 9.65. The molecule has 0 amide bonds. The largest absolute Gasteiger partial charge is 0.462 e. The first-order valence-corrected chi connectivity index (χ1v) is 12.9. The number of allylic oxidation sites excluding steroid dienone is 6. The summed E-state index contributed by atoms with van der Waals surface area (Å²) in [5.41, 5.74) is 5.32. The van der Waals surface area contributed by atoms with Crippen molar-refractivity contribution in [1.29, 1.82) is 5.26 Å². The molecule has 0 unspecified atom stereocenters. The number of ether oxygens (including phenoxy) is 2. The van der Waals surface area contributed by atoms with Crippen LogP contribution in [0.5, 0.6) is 0 Å². The van der Waals surface area contributed by atoms with E-state index >= 15 is 0 Å². The maximum atomic E-state index is 9.34. The van der Waals surface area contributed by atoms with E-state index in [2.05, 4.69) is 64.4 Å². The number of rotatable bonds is 5. The fourth-order valence-electron chi connectivity index (χ4n) is 4.50. The lowest BCUT2D eigenvalue weighted by Gasteiger charge is -2.29. The lowest BCUT2D eigenvalue weighted by atomic mass is 9.95. The zero-order valence-electron chi connectivity index (χ0n) is 20.5. The molecule has 5 rings (SSSR count). The normalized spacial score (nSPS) is 16.9. The lowest BCUT2D eigenvalue weighted by Crippen LogP contribution is -2.35. The highest BCUT2D eigenvalue weighted by molar-refractivity contribution is 7.18. The molecule has 3 heterocycles. The summed E-state index contributed by atoms with van der Waals surface area (Å²) in [6, 6.07) is 23.0. The molecule has 182 valence electrons. The standard InChI is InChI=1S/C31H25N3O2S/c1-22-19-25(27(21-32)33-2)20-26(36-22)13-14-28-29(23-9-5-3-6-10-23)30(24-11-7-4-8-12-24)31(37-28)34-15-17-35-18-16-34/h3-14,19-20H,15-18H2,1H3. The van der Waals surface area contributed by atoms with E-state index in [1.54, 1.807) is 23.5 Å². The fraction of sp³-hybridized carbons (Fsp3) is 0.161. The highest BCUT2D eigenvalue weighted by Crippen LogP contribution is 2.49. The van der Waals surface area contributed by atoms with Crippen molar-refractivity contribution in [1.82, 2.24) is 0 Å². The van der Waals surface area contributed by atoms with E-state index in [-0.39, 0.29) is 5.70 Å². The van der Waals surface area contributed by atoms with Crippen LogP contribution in [0.25, 0.3) is 33.2 Å². The van der Waals surface area contributed by atoms with Crippen molar-refractivity contribution in [2.24, 2.45) is 0 Å². The Hall–Kier alpha value is -4.36. The third-order valence-corrected chi connectivity index (χ3v) is 7.38. The quantitative estimate of drug-likeness (QED) is 0.268. The van der Waals surface area contributed by atoms with Crippen LogP contribution in [0.3, 0.4) is 0 Å². The molecule has 0 saturated carbocycles. The van der Waals surface area contributed by atoms with Crippen molar-refractivity contribution in [3.63, 3.8) is 0 Å². The number of nitrogens with zero attached hydrogens (tertiary/aromatic N) is 3. The first-order chi connectivity index (χ1) is 18.2. The first kappa shape index (κ1) is 24.3. The van der Waals surface area contributed by atoms with E-state index in [4.69, 9.17) is 16.0 Å². The molecule has 0 radical (unpaired) electrons. The molecule has 5 nitrogen and oxygen atoms in total. The van der Waals surface area contributed by atoms with Crippen LogP contribution in [-0.4, -0.2) is 26.3 Å². The van der Waals surface area contributed by atoms with Gasteiger partial charge in [-0.2, -0.15) is 0 Å². The van der Waals surface area contributed by atoms with Gasteiger partial charge in [0.1, 0.15) is 16.5 Å². The molecular formula is C31H25N3O2S. The van der Waals surface area contributed by atoms with E-state index in [9.17, 15) is 5.26 Å². The van der Waals surface area contributed by atoms with Crippen LogP contribution in [0.4, 0.5) is 5.00 Å². The smallest absolute Gasteiger partial charge is 0.269 e. The summed E-state index contributed by atoms with van der Waals surface area (Å²) in [5.74, 6) is 1.23. The van der Waals surface area contributed by atoms with Gasteiger partial charge < -0.3 is 14.4 Å². The molecule has 0 bridgehead atoms. The van der Waals surface area contributed by atoms with Crippen LogP contribution < -0.4 is 4.90 Å². The zero-order chi connectivity index (χ0) is 25.6. The SMILES string of the molecule is [C-]#[N+]C(C#N)=C1C=C(C)OC(C=Cc2sc(N3CCOCC3)c(-c3ccccc3)c2-c2ccccc2)=C1. The van der Waals surface area contributed by atoms with Gasteiger partial charge in [-0.25, -0.2) is 10.1 Å². The number of hydrogen-bond acceptors (Lipinski definition) is 5. The predicted octanol–water partition coefficient (Wildman–Crippen LogP) is 7.45. The summed E-state index contributed by atoms with van der Waals surface area (Å²) in [5, 5.41) is 10.6. The number of thiophene rings is 1. The summed E-state index contributed by atoms with van der Waals surface area (Å²) in [4.78, 5) is 6.88. The predicted molar refractivity (Wildman–Crippen MR) is 149 cm³/mol. The third-order valence-electron chi connectivity index (χ3n) is 6.17. The Bertz CT molecular complexity index is 1480. The molecule has 0 N–H and O–H groups in total. The van der Waals surface area contributed by atoms with Crippen molar-refractivity contribution < 1.29 is 9.47 Å². The zero-order valence-corrected chi connectivity index (χ0v) is 21.3. The molecule has 2 aliphatic rings. The Morgan fingerprint density at radius 1 is 0.973 bits per heavy atom. The summed E-state index contributed by atoms with van der Waals surface area (Å²) in [6.07, 6.45) is 7.47. The molecule has 0 aliphatic carbocycles. The molecule has 1 fully saturated rings. The lowest BCUT2D eigenvalue weighted by molar-refractivity contribution is 0.123. The molecule has 3 aromatic rings. The van der Waals surface area contributed by atoms with Crippen LogP contribution >= 0.6 is 11.3 Å². The average Bonchev–Trinajstić information content (AvgIpc) is 3.33. The fourth-order valence-corrected chi connectivity index (χ4v) is 5.80. The highest BCUT2D eigenvalue weighted by atomic mass is 32.1. The minimum absolute atomic E-state index is 0.0515. The van der Waals surface area contributed by atoms with E-state index in [0.717, 1.165) is 23.5 Å². The number of nitriles is 1. The third kappa shape index (κ3) is 5.27. The minimum atomic E-state index is 0.0515. The van der Waals surface area contributed by atoms with Gasteiger partial charge in [0, 0.05) is 29.1 Å². The summed E-state index contributed by atoms with van der Waals surface area (Å²) in [6.45, 7) is 12.2. The van der Waals surface area contributed by atoms with Gasteiger partial charge in [-0.3, -0.25) is 0 Å². The molecule has 0 atom stereocenters. The number of hydrogen-bond donors (Lipinski definition) is 0. The van der Waals surface area contributed by atoms with Gasteiger partial charge in [0.2, 0.25) is 0 Å². The summed E-state index contributed by atoms with van der Waals surface area (Å²) < 4.78 is 11.6.